The van der Waals surface area contributed by atoms with E-state index in [-0.39, 0.29) is 18.2 Å². The summed E-state index contributed by atoms with van der Waals surface area (Å²) >= 11 is 0. The van der Waals surface area contributed by atoms with Crippen molar-refractivity contribution >= 4 is 17.0 Å². The Morgan fingerprint density at radius 2 is 2.19 bits per heavy atom. The number of para-hydroxylation sites is 1. The highest BCUT2D eigenvalue weighted by atomic mass is 16.6. The summed E-state index contributed by atoms with van der Waals surface area (Å²) in [6, 6.07) is 8.13. The van der Waals surface area contributed by atoms with E-state index in [0.29, 0.717) is 6.54 Å². The van der Waals surface area contributed by atoms with Crippen molar-refractivity contribution in [2.24, 2.45) is 0 Å². The lowest BCUT2D eigenvalue weighted by Crippen LogP contribution is -2.46. The van der Waals surface area contributed by atoms with E-state index in [9.17, 15) is 4.79 Å². The van der Waals surface area contributed by atoms with Crippen molar-refractivity contribution in [3.05, 3.63) is 36.0 Å². The van der Waals surface area contributed by atoms with Gasteiger partial charge in [-0.15, -0.1) is 0 Å². The molecule has 1 aliphatic rings. The molecule has 1 amide bonds. The van der Waals surface area contributed by atoms with Crippen LogP contribution in [0.3, 0.4) is 0 Å². The number of nitrogens with one attached hydrogen (secondary N) is 1. The number of aliphatic hydroxyl groups is 1. The van der Waals surface area contributed by atoms with Crippen molar-refractivity contribution in [1.29, 1.82) is 0 Å². The third kappa shape index (κ3) is 2.49. The molecule has 0 aliphatic carbocycles. The zero-order chi connectivity index (χ0) is 15.0. The molecule has 5 heteroatoms. The molecule has 2 aromatic rings. The highest BCUT2D eigenvalue weighted by molar-refractivity contribution is 5.83. The predicted octanol–water partition coefficient (Wildman–Crippen LogP) is 2.30. The minimum atomic E-state index is -0.417. The van der Waals surface area contributed by atoms with E-state index in [0.717, 1.165) is 11.9 Å². The minimum Gasteiger partial charge on any atom is -0.442 e. The van der Waals surface area contributed by atoms with Crippen molar-refractivity contribution in [3.8, 4) is 0 Å². The molecule has 1 fully saturated rings. The number of ether oxygens (including phenoxy) is 1. The van der Waals surface area contributed by atoms with Gasteiger partial charge in [-0.1, -0.05) is 18.2 Å². The minimum absolute atomic E-state index is 0.134. The van der Waals surface area contributed by atoms with E-state index in [1.54, 1.807) is 4.90 Å². The van der Waals surface area contributed by atoms with E-state index >= 15 is 0 Å². The first-order valence-corrected chi connectivity index (χ1v) is 7.15. The van der Waals surface area contributed by atoms with Crippen LogP contribution in [0, 0.1) is 0 Å². The average Bonchev–Trinajstić information content (AvgIpc) is 3.03. The van der Waals surface area contributed by atoms with Crippen LogP contribution in [-0.2, 0) is 11.2 Å². The third-order valence-electron chi connectivity index (χ3n) is 4.11. The van der Waals surface area contributed by atoms with Crippen LogP contribution in [0.5, 0.6) is 0 Å². The Balaban J connectivity index is 1.84. The number of aromatic amines is 1. The number of rotatable bonds is 4. The van der Waals surface area contributed by atoms with Gasteiger partial charge in [-0.05, 0) is 31.9 Å². The lowest BCUT2D eigenvalue weighted by atomic mass is 9.93. The fourth-order valence-electron chi connectivity index (χ4n) is 2.95. The van der Waals surface area contributed by atoms with Gasteiger partial charge >= 0.3 is 6.09 Å². The largest absolute Gasteiger partial charge is 0.442 e. The van der Waals surface area contributed by atoms with Crippen LogP contribution >= 0.6 is 0 Å². The fraction of sp³-hybridized carbons (Fsp3) is 0.438. The summed E-state index contributed by atoms with van der Waals surface area (Å²) in [4.78, 5) is 16.9. The van der Waals surface area contributed by atoms with Crippen molar-refractivity contribution in [2.45, 2.75) is 31.9 Å². The van der Waals surface area contributed by atoms with Gasteiger partial charge in [0.15, 0.2) is 0 Å². The van der Waals surface area contributed by atoms with Gasteiger partial charge in [0.2, 0.25) is 0 Å². The molecule has 0 bridgehead atoms. The summed E-state index contributed by atoms with van der Waals surface area (Å²) in [6.07, 6.45) is 1.96. The number of aromatic nitrogens is 1. The van der Waals surface area contributed by atoms with Crippen LogP contribution in [0.1, 0.15) is 19.4 Å². The smallest absolute Gasteiger partial charge is 0.410 e. The molecule has 0 saturated carbocycles. The monoisotopic (exact) mass is 288 g/mol. The Bertz CT molecular complexity index is 662. The zero-order valence-electron chi connectivity index (χ0n) is 12.3. The number of fused-ring (bicyclic) bond motifs is 1. The van der Waals surface area contributed by atoms with Gasteiger partial charge in [0.1, 0.15) is 6.10 Å². The van der Waals surface area contributed by atoms with Gasteiger partial charge in [-0.25, -0.2) is 4.79 Å². The molecular formula is C16H20N2O3. The number of aliphatic hydroxyl groups excluding tert-OH is 1. The van der Waals surface area contributed by atoms with Crippen LogP contribution in [-0.4, -0.2) is 45.9 Å². The number of carbonyl (C=O) groups excluding carboxylic acids is 1. The molecule has 3 rings (SSSR count). The number of H-pyrrole nitrogens is 1. The van der Waals surface area contributed by atoms with Gasteiger partial charge in [-0.3, -0.25) is 4.90 Å². The molecule has 1 saturated heterocycles. The number of hydrogen-bond donors (Lipinski definition) is 2. The van der Waals surface area contributed by atoms with Crippen molar-refractivity contribution in [2.75, 3.05) is 13.2 Å². The Kier molecular flexibility index (Phi) is 3.37. The molecule has 1 aliphatic heterocycles. The lowest BCUT2D eigenvalue weighted by Gasteiger charge is -2.33. The summed E-state index contributed by atoms with van der Waals surface area (Å²) in [5.41, 5.74) is 1.91. The Hall–Kier alpha value is -2.01. The molecule has 2 N–H and O–H groups in total. The summed E-state index contributed by atoms with van der Waals surface area (Å²) < 4.78 is 5.15. The van der Waals surface area contributed by atoms with E-state index in [4.69, 9.17) is 9.84 Å². The summed E-state index contributed by atoms with van der Waals surface area (Å²) in [5, 5.41) is 10.3. The second-order valence-electron chi connectivity index (χ2n) is 6.15. The van der Waals surface area contributed by atoms with E-state index in [1.165, 1.54) is 10.9 Å². The molecule has 0 unspecified atom stereocenters. The first-order chi connectivity index (χ1) is 10.0. The number of cyclic esters (lactones) is 1. The molecular weight excluding hydrogens is 268 g/mol. The van der Waals surface area contributed by atoms with Crippen LogP contribution in [0.4, 0.5) is 4.79 Å². The summed E-state index contributed by atoms with van der Waals surface area (Å²) in [7, 11) is 0. The molecule has 21 heavy (non-hydrogen) atoms. The average molecular weight is 288 g/mol. The van der Waals surface area contributed by atoms with Crippen LogP contribution in [0.25, 0.3) is 10.9 Å². The van der Waals surface area contributed by atoms with Crippen molar-refractivity contribution < 1.29 is 14.6 Å². The normalized spacial score (nSPS) is 19.3. The maximum absolute atomic E-state index is 12.0. The molecule has 1 atom stereocenters. The van der Waals surface area contributed by atoms with Gasteiger partial charge in [0.05, 0.1) is 13.2 Å². The highest BCUT2D eigenvalue weighted by Gasteiger charge is 2.40. The van der Waals surface area contributed by atoms with Gasteiger partial charge in [-0.2, -0.15) is 0 Å². The highest BCUT2D eigenvalue weighted by Crippen LogP contribution is 2.29. The van der Waals surface area contributed by atoms with E-state index < -0.39 is 6.10 Å². The third-order valence-corrected chi connectivity index (χ3v) is 4.11. The molecule has 1 aromatic carbocycles. The lowest BCUT2D eigenvalue weighted by molar-refractivity contribution is 0.0920. The molecule has 2 heterocycles. The summed E-state index contributed by atoms with van der Waals surface area (Å²) in [5.74, 6) is 0. The van der Waals surface area contributed by atoms with Crippen molar-refractivity contribution in [1.82, 2.24) is 9.88 Å². The Morgan fingerprint density at radius 1 is 1.43 bits per heavy atom. The summed E-state index contributed by atoms with van der Waals surface area (Å²) in [6.45, 7) is 4.35. The predicted molar refractivity (Wildman–Crippen MR) is 80.1 cm³/mol. The maximum atomic E-state index is 12.0. The molecule has 5 nitrogen and oxygen atoms in total. The second kappa shape index (κ2) is 5.07. The van der Waals surface area contributed by atoms with E-state index in [1.807, 2.05) is 38.2 Å². The van der Waals surface area contributed by atoms with Gasteiger partial charge < -0.3 is 14.8 Å². The number of benzene rings is 1. The first kappa shape index (κ1) is 13.9. The first-order valence-electron chi connectivity index (χ1n) is 7.15. The molecule has 0 radical (unpaired) electrons. The number of hydrogen-bond acceptors (Lipinski definition) is 3. The SMILES string of the molecule is CC(C)(Cc1c[nH]c2ccccc12)N1C[C@@H](CO)OC1=O. The standard InChI is InChI=1S/C16H20N2O3/c1-16(2,18-9-12(10-19)21-15(18)20)7-11-8-17-14-6-4-3-5-13(11)14/h3-6,8,12,17,19H,7,9-10H2,1-2H3/t12-/m0/s1. The van der Waals surface area contributed by atoms with Crippen LogP contribution in [0.2, 0.25) is 0 Å². The van der Waals surface area contributed by atoms with Gasteiger partial charge in [0.25, 0.3) is 0 Å². The fourth-order valence-corrected chi connectivity index (χ4v) is 2.95. The van der Waals surface area contributed by atoms with Crippen molar-refractivity contribution in [3.63, 3.8) is 0 Å². The molecule has 1 aromatic heterocycles. The topological polar surface area (TPSA) is 65.6 Å². The van der Waals surface area contributed by atoms with E-state index in [2.05, 4.69) is 11.1 Å². The zero-order valence-corrected chi connectivity index (χ0v) is 12.3. The quantitative estimate of drug-likeness (QED) is 0.907. The number of amides is 1. The van der Waals surface area contributed by atoms with Gasteiger partial charge in [0, 0.05) is 22.6 Å². The van der Waals surface area contributed by atoms with Crippen LogP contribution < -0.4 is 0 Å². The van der Waals surface area contributed by atoms with Crippen LogP contribution in [0.15, 0.2) is 30.5 Å². The second-order valence-corrected chi connectivity index (χ2v) is 6.15. The molecule has 112 valence electrons. The maximum Gasteiger partial charge on any atom is 0.410 e. The molecule has 0 spiro atoms. The number of nitrogens with zero attached hydrogens (tertiary/aromatic N) is 1. The number of carbonyl (C=O) groups is 1. The Morgan fingerprint density at radius 3 is 2.90 bits per heavy atom. The Labute approximate surface area is 123 Å².